The van der Waals surface area contributed by atoms with Crippen LogP contribution in [0.25, 0.3) is 0 Å². The van der Waals surface area contributed by atoms with Crippen LogP contribution in [0.2, 0.25) is 0 Å². The zero-order chi connectivity index (χ0) is 18.6. The van der Waals surface area contributed by atoms with Gasteiger partial charge >= 0.3 is 0 Å². The molecular formula is C26H38O. The third kappa shape index (κ3) is 2.63. The number of fused-ring (bicyclic) bond motifs is 5. The Bertz CT molecular complexity index is 678. The highest BCUT2D eigenvalue weighted by molar-refractivity contribution is 5.32. The van der Waals surface area contributed by atoms with Crippen molar-refractivity contribution < 1.29 is 4.74 Å². The number of hydrogen-bond acceptors (Lipinski definition) is 1. The molecule has 0 spiro atoms. The van der Waals surface area contributed by atoms with Crippen LogP contribution < -0.4 is 4.74 Å². The van der Waals surface area contributed by atoms with E-state index in [1.54, 1.807) is 12.7 Å². The third-order valence-electron chi connectivity index (χ3n) is 10.1. The average molecular weight is 367 g/mol. The fourth-order valence-electron chi connectivity index (χ4n) is 8.68. The highest BCUT2D eigenvalue weighted by atomic mass is 16.5. The SMILES string of the molecule is COc1ccc([C@H]2CC[C@H]3[C@@H]4CC[C@H]5CCCC[C@]5(C)[C@H]4CC[C@]23C)cc1. The van der Waals surface area contributed by atoms with Crippen molar-refractivity contribution in [3.63, 3.8) is 0 Å². The van der Waals surface area contributed by atoms with Gasteiger partial charge in [0.15, 0.2) is 0 Å². The lowest BCUT2D eigenvalue weighted by Gasteiger charge is -2.60. The van der Waals surface area contributed by atoms with E-state index in [9.17, 15) is 0 Å². The number of ether oxygens (including phenoxy) is 1. The predicted octanol–water partition coefficient (Wildman–Crippen LogP) is 7.21. The number of benzene rings is 1. The van der Waals surface area contributed by atoms with Gasteiger partial charge in [0.05, 0.1) is 7.11 Å². The second kappa shape index (κ2) is 6.53. The first-order valence-electron chi connectivity index (χ1n) is 11.7. The Hall–Kier alpha value is -0.980. The maximum Gasteiger partial charge on any atom is 0.118 e. The first kappa shape index (κ1) is 18.1. The molecule has 4 aliphatic carbocycles. The van der Waals surface area contributed by atoms with Gasteiger partial charge in [-0.3, -0.25) is 0 Å². The Morgan fingerprint density at radius 3 is 2.33 bits per heavy atom. The van der Waals surface area contributed by atoms with Crippen LogP contribution in [0.5, 0.6) is 5.75 Å². The van der Waals surface area contributed by atoms with Crippen LogP contribution in [0.4, 0.5) is 0 Å². The van der Waals surface area contributed by atoms with Crippen molar-refractivity contribution in [3.05, 3.63) is 29.8 Å². The summed E-state index contributed by atoms with van der Waals surface area (Å²) in [4.78, 5) is 0. The van der Waals surface area contributed by atoms with Crippen molar-refractivity contribution in [3.8, 4) is 5.75 Å². The van der Waals surface area contributed by atoms with Crippen molar-refractivity contribution in [1.82, 2.24) is 0 Å². The van der Waals surface area contributed by atoms with Crippen LogP contribution in [0.3, 0.4) is 0 Å². The minimum absolute atomic E-state index is 0.521. The molecule has 4 aliphatic rings. The third-order valence-corrected chi connectivity index (χ3v) is 10.1. The molecule has 0 unspecified atom stereocenters. The van der Waals surface area contributed by atoms with Gasteiger partial charge in [-0.05, 0) is 109 Å². The van der Waals surface area contributed by atoms with Gasteiger partial charge in [0, 0.05) is 0 Å². The first-order chi connectivity index (χ1) is 13.1. The molecule has 27 heavy (non-hydrogen) atoms. The molecule has 5 rings (SSSR count). The van der Waals surface area contributed by atoms with Crippen LogP contribution in [0, 0.1) is 34.5 Å². The van der Waals surface area contributed by atoms with Gasteiger partial charge in [-0.15, -0.1) is 0 Å². The molecule has 0 aliphatic heterocycles. The summed E-state index contributed by atoms with van der Waals surface area (Å²) in [6.45, 7) is 5.36. The molecule has 148 valence electrons. The van der Waals surface area contributed by atoms with Gasteiger partial charge in [0.25, 0.3) is 0 Å². The molecule has 0 N–H and O–H groups in total. The molecule has 4 fully saturated rings. The minimum atomic E-state index is 0.521. The van der Waals surface area contributed by atoms with Crippen molar-refractivity contribution in [1.29, 1.82) is 0 Å². The smallest absolute Gasteiger partial charge is 0.118 e. The molecule has 0 amide bonds. The van der Waals surface area contributed by atoms with E-state index >= 15 is 0 Å². The van der Waals surface area contributed by atoms with Crippen molar-refractivity contribution in [2.75, 3.05) is 7.11 Å². The van der Waals surface area contributed by atoms with Crippen molar-refractivity contribution in [2.45, 2.75) is 84.0 Å². The Balaban J connectivity index is 1.42. The molecular weight excluding hydrogens is 328 g/mol. The normalized spacial score (nSPS) is 46.3. The van der Waals surface area contributed by atoms with Crippen molar-refractivity contribution >= 4 is 0 Å². The molecule has 0 saturated heterocycles. The molecule has 0 aromatic heterocycles. The van der Waals surface area contributed by atoms with E-state index in [2.05, 4.69) is 38.1 Å². The fraction of sp³-hybridized carbons (Fsp3) is 0.769. The van der Waals surface area contributed by atoms with E-state index in [1.807, 2.05) is 0 Å². The Morgan fingerprint density at radius 1 is 0.778 bits per heavy atom. The van der Waals surface area contributed by atoms with Crippen LogP contribution in [0.15, 0.2) is 24.3 Å². The summed E-state index contributed by atoms with van der Waals surface area (Å²) in [5.41, 5.74) is 2.76. The second-order valence-electron chi connectivity index (χ2n) is 10.9. The van der Waals surface area contributed by atoms with Crippen molar-refractivity contribution in [2.24, 2.45) is 34.5 Å². The van der Waals surface area contributed by atoms with Gasteiger partial charge < -0.3 is 4.74 Å². The predicted molar refractivity (Wildman–Crippen MR) is 112 cm³/mol. The van der Waals surface area contributed by atoms with E-state index in [0.29, 0.717) is 10.8 Å². The number of methoxy groups -OCH3 is 1. The Labute approximate surface area is 166 Å². The van der Waals surface area contributed by atoms with Crippen LogP contribution >= 0.6 is 0 Å². The molecule has 4 saturated carbocycles. The zero-order valence-electron chi connectivity index (χ0n) is 17.7. The monoisotopic (exact) mass is 366 g/mol. The summed E-state index contributed by atoms with van der Waals surface area (Å²) >= 11 is 0. The molecule has 7 atom stereocenters. The Kier molecular flexibility index (Phi) is 4.37. The average Bonchev–Trinajstić information content (AvgIpc) is 3.05. The van der Waals surface area contributed by atoms with Crippen LogP contribution in [-0.4, -0.2) is 7.11 Å². The Morgan fingerprint density at radius 2 is 1.56 bits per heavy atom. The van der Waals surface area contributed by atoms with Gasteiger partial charge in [-0.25, -0.2) is 0 Å². The van der Waals surface area contributed by atoms with Crippen LogP contribution in [-0.2, 0) is 0 Å². The summed E-state index contributed by atoms with van der Waals surface area (Å²) in [7, 11) is 1.77. The van der Waals surface area contributed by atoms with Gasteiger partial charge in [-0.1, -0.05) is 38.8 Å². The largest absolute Gasteiger partial charge is 0.497 e. The topological polar surface area (TPSA) is 9.23 Å². The molecule has 1 heteroatoms. The number of rotatable bonds is 2. The lowest BCUT2D eigenvalue weighted by atomic mass is 9.44. The highest BCUT2D eigenvalue weighted by Crippen LogP contribution is 2.68. The van der Waals surface area contributed by atoms with E-state index in [1.165, 1.54) is 64.2 Å². The van der Waals surface area contributed by atoms with Gasteiger partial charge in [0.2, 0.25) is 0 Å². The van der Waals surface area contributed by atoms with E-state index in [0.717, 1.165) is 35.3 Å². The minimum Gasteiger partial charge on any atom is -0.497 e. The molecule has 0 radical (unpaired) electrons. The summed E-state index contributed by atoms with van der Waals surface area (Å²) in [5.74, 6) is 5.77. The number of hydrogen-bond donors (Lipinski definition) is 0. The van der Waals surface area contributed by atoms with E-state index in [4.69, 9.17) is 4.74 Å². The lowest BCUT2D eigenvalue weighted by molar-refractivity contribution is -0.105. The fourth-order valence-corrected chi connectivity index (χ4v) is 8.68. The first-order valence-corrected chi connectivity index (χ1v) is 11.7. The zero-order valence-corrected chi connectivity index (χ0v) is 17.7. The molecule has 1 aromatic rings. The van der Waals surface area contributed by atoms with Gasteiger partial charge in [0.1, 0.15) is 5.75 Å². The summed E-state index contributed by atoms with van der Waals surface area (Å²) in [6, 6.07) is 9.04. The molecule has 0 heterocycles. The summed E-state index contributed by atoms with van der Waals surface area (Å²) in [5, 5.41) is 0. The molecule has 1 aromatic carbocycles. The maximum atomic E-state index is 5.40. The second-order valence-corrected chi connectivity index (χ2v) is 10.9. The highest BCUT2D eigenvalue weighted by Gasteiger charge is 2.59. The van der Waals surface area contributed by atoms with E-state index in [-0.39, 0.29) is 0 Å². The molecule has 0 bridgehead atoms. The molecule has 1 nitrogen and oxygen atoms in total. The maximum absolute atomic E-state index is 5.40. The standard InChI is InChI=1S/C26H38O/c1-25-16-5-4-6-19(25)9-12-21-23-14-13-22(26(23,2)17-15-24(21)25)18-7-10-20(27-3)11-8-18/h7-8,10-11,19,21-24H,4-6,9,12-17H2,1-3H3/t19-,21+,22-,23+,24+,25+,26-/m1/s1. The summed E-state index contributed by atoms with van der Waals surface area (Å²) < 4.78 is 5.40. The summed E-state index contributed by atoms with van der Waals surface area (Å²) in [6.07, 6.45) is 14.9. The van der Waals surface area contributed by atoms with Crippen LogP contribution in [0.1, 0.15) is 89.5 Å². The van der Waals surface area contributed by atoms with E-state index < -0.39 is 0 Å². The lowest BCUT2D eigenvalue weighted by Crippen LogP contribution is -2.52. The quantitative estimate of drug-likeness (QED) is 0.537. The van der Waals surface area contributed by atoms with Gasteiger partial charge in [-0.2, -0.15) is 0 Å².